The predicted octanol–water partition coefficient (Wildman–Crippen LogP) is 7.44. The second-order valence-corrected chi connectivity index (χ2v) is 12.5. The zero-order chi connectivity index (χ0) is 30.1. The van der Waals surface area contributed by atoms with Crippen LogP contribution < -0.4 is 9.62 Å². The fourth-order valence-electron chi connectivity index (χ4n) is 5.92. The first kappa shape index (κ1) is 29.3. The quantitative estimate of drug-likeness (QED) is 0.228. The largest absolute Gasteiger partial charge is 0.416 e. The Hall–Kier alpha value is -3.82. The predicted molar refractivity (Wildman–Crippen MR) is 161 cm³/mol. The number of carbonyl (C=O) groups excluding carboxylic acids is 1. The second kappa shape index (κ2) is 12.1. The summed E-state index contributed by atoms with van der Waals surface area (Å²) in [6, 6.07) is 26.0. The van der Waals surface area contributed by atoms with E-state index < -0.39 is 22.7 Å². The van der Waals surface area contributed by atoms with Gasteiger partial charge in [-0.05, 0) is 104 Å². The van der Waals surface area contributed by atoms with E-state index in [0.717, 1.165) is 71.6 Å². The van der Waals surface area contributed by atoms with Gasteiger partial charge in [0.05, 0.1) is 22.7 Å². The minimum absolute atomic E-state index is 0.0470. The average molecular weight is 604 g/mol. The van der Waals surface area contributed by atoms with E-state index in [1.165, 1.54) is 12.1 Å². The zero-order valence-electron chi connectivity index (χ0n) is 23.7. The van der Waals surface area contributed by atoms with Crippen LogP contribution in [0.4, 0.5) is 18.9 Å². The number of hydrogen-bond donors (Lipinski definition) is 1. The van der Waals surface area contributed by atoms with Gasteiger partial charge in [-0.15, -0.1) is 0 Å². The molecule has 0 bridgehead atoms. The van der Waals surface area contributed by atoms with Crippen LogP contribution in [0, 0.1) is 12.8 Å². The molecule has 1 amide bonds. The maximum atomic E-state index is 14.0. The summed E-state index contributed by atoms with van der Waals surface area (Å²) < 4.78 is 55.4. The second-order valence-electron chi connectivity index (χ2n) is 11.3. The van der Waals surface area contributed by atoms with E-state index in [9.17, 15) is 22.2 Å². The lowest BCUT2D eigenvalue weighted by atomic mass is 9.87. The summed E-state index contributed by atoms with van der Waals surface area (Å²) in [7, 11) is -1.71. The number of aromatic nitrogens is 1. The van der Waals surface area contributed by atoms with Crippen molar-refractivity contribution in [2.45, 2.75) is 62.2 Å². The van der Waals surface area contributed by atoms with Gasteiger partial charge in [-0.1, -0.05) is 42.5 Å². The number of nitrogens with one attached hydrogen (secondary N) is 1. The van der Waals surface area contributed by atoms with Gasteiger partial charge in [0.25, 0.3) is 0 Å². The molecule has 1 saturated carbocycles. The molecule has 2 aliphatic carbocycles. The average Bonchev–Trinajstić information content (AvgIpc) is 3.81. The number of fused-ring (bicyclic) bond motifs is 1. The Labute approximate surface area is 251 Å². The molecular weight excluding hydrogens is 571 g/mol. The highest BCUT2D eigenvalue weighted by atomic mass is 32.2. The minimum Gasteiger partial charge on any atom is -0.306 e. The van der Waals surface area contributed by atoms with Gasteiger partial charge in [-0.3, -0.25) is 9.78 Å². The van der Waals surface area contributed by atoms with Crippen molar-refractivity contribution in [1.29, 1.82) is 0 Å². The molecule has 0 radical (unpaired) electrons. The highest BCUT2D eigenvalue weighted by Gasteiger charge is 2.46. The first-order chi connectivity index (χ1) is 20.7. The number of hydrogen-bond acceptors (Lipinski definition) is 3. The summed E-state index contributed by atoms with van der Waals surface area (Å²) in [6.45, 7) is 2.25. The number of rotatable bonds is 8. The molecule has 0 saturated heterocycles. The molecule has 222 valence electrons. The number of anilines is 1. The van der Waals surface area contributed by atoms with Crippen molar-refractivity contribution in [3.8, 4) is 0 Å². The van der Waals surface area contributed by atoms with E-state index in [4.69, 9.17) is 0 Å². The van der Waals surface area contributed by atoms with E-state index >= 15 is 0 Å². The van der Waals surface area contributed by atoms with Crippen molar-refractivity contribution < 1.29 is 22.2 Å². The third-order valence-corrected chi connectivity index (χ3v) is 9.47. The zero-order valence-corrected chi connectivity index (χ0v) is 24.5. The standard InChI is InChI=1S/C34H32F3N3O2S/c1-22-7-5-11-26(38-22)21-40(33(41)31-20-29(31)23-8-3-2-4-9-23)27-16-13-24-10-6-12-32(30(24)19-27)39-43(42)28-17-14-25(15-18-28)34(35,36)37/h2-5,7-9,11,13-19,29,31-32,39H,6,10,12,20-21H2,1H3/t29-,31+,32?,43?/m1/s1. The van der Waals surface area contributed by atoms with Crippen LogP contribution in [0.2, 0.25) is 0 Å². The van der Waals surface area contributed by atoms with Gasteiger partial charge in [-0.2, -0.15) is 13.2 Å². The summed E-state index contributed by atoms with van der Waals surface area (Å²) >= 11 is 0. The summed E-state index contributed by atoms with van der Waals surface area (Å²) in [4.78, 5) is 20.8. The lowest BCUT2D eigenvalue weighted by Crippen LogP contribution is -2.33. The Kier molecular flexibility index (Phi) is 8.20. The summed E-state index contributed by atoms with van der Waals surface area (Å²) in [5.74, 6) is 0.106. The first-order valence-electron chi connectivity index (χ1n) is 14.4. The van der Waals surface area contributed by atoms with Crippen LogP contribution in [0.15, 0.2) is 95.9 Å². The fraction of sp³-hybridized carbons (Fsp3) is 0.294. The third-order valence-electron chi connectivity index (χ3n) is 8.27. The number of halogens is 3. The highest BCUT2D eigenvalue weighted by molar-refractivity contribution is 7.83. The molecule has 0 aliphatic heterocycles. The SMILES string of the molecule is Cc1cccc(CN(C(=O)[C@H]2C[C@@H]2c2ccccc2)c2ccc3c(c2)C(NS(=O)c2ccc(C(F)(F)F)cc2)CCC3)n1. The topological polar surface area (TPSA) is 62.3 Å². The van der Waals surface area contributed by atoms with Gasteiger partial charge < -0.3 is 4.90 Å². The number of aryl methyl sites for hydroxylation is 2. The maximum absolute atomic E-state index is 14.0. The van der Waals surface area contributed by atoms with Crippen LogP contribution in [0.5, 0.6) is 0 Å². The Morgan fingerprint density at radius 2 is 1.77 bits per heavy atom. The maximum Gasteiger partial charge on any atom is 0.416 e. The van der Waals surface area contributed by atoms with Crippen molar-refractivity contribution in [2.24, 2.45) is 5.92 Å². The molecule has 2 unspecified atom stereocenters. The molecule has 5 nitrogen and oxygen atoms in total. The monoisotopic (exact) mass is 603 g/mol. The smallest absolute Gasteiger partial charge is 0.306 e. The van der Waals surface area contributed by atoms with E-state index in [0.29, 0.717) is 6.54 Å². The van der Waals surface area contributed by atoms with Crippen LogP contribution in [0.1, 0.15) is 64.9 Å². The Morgan fingerprint density at radius 1 is 1.00 bits per heavy atom. The molecule has 1 aromatic heterocycles. The number of pyridine rings is 1. The third kappa shape index (κ3) is 6.58. The summed E-state index contributed by atoms with van der Waals surface area (Å²) in [6.07, 6.45) is -1.21. The van der Waals surface area contributed by atoms with Crippen LogP contribution in [-0.2, 0) is 34.9 Å². The van der Waals surface area contributed by atoms with Gasteiger partial charge in [0.2, 0.25) is 5.91 Å². The van der Waals surface area contributed by atoms with Crippen LogP contribution in [0.25, 0.3) is 0 Å². The molecule has 1 fully saturated rings. The molecule has 4 atom stereocenters. The van der Waals surface area contributed by atoms with Crippen molar-refractivity contribution in [3.63, 3.8) is 0 Å². The lowest BCUT2D eigenvalue weighted by Gasteiger charge is -2.29. The van der Waals surface area contributed by atoms with E-state index in [1.807, 2.05) is 66.4 Å². The van der Waals surface area contributed by atoms with Gasteiger partial charge in [0.15, 0.2) is 0 Å². The van der Waals surface area contributed by atoms with E-state index in [1.54, 1.807) is 0 Å². The molecule has 2 aliphatic rings. The molecule has 9 heteroatoms. The number of carbonyl (C=O) groups is 1. The number of alkyl halides is 3. The molecule has 3 aromatic carbocycles. The molecule has 1 heterocycles. The number of amides is 1. The number of benzene rings is 3. The van der Waals surface area contributed by atoms with Crippen molar-refractivity contribution >= 4 is 22.6 Å². The molecular formula is C34H32F3N3O2S. The van der Waals surface area contributed by atoms with E-state index in [-0.39, 0.29) is 28.7 Å². The fourth-order valence-corrected chi connectivity index (χ4v) is 6.95. The Bertz CT molecular complexity index is 1640. The summed E-state index contributed by atoms with van der Waals surface area (Å²) in [5, 5.41) is 0. The van der Waals surface area contributed by atoms with Crippen molar-refractivity contribution in [1.82, 2.24) is 9.71 Å². The van der Waals surface area contributed by atoms with Gasteiger partial charge >= 0.3 is 6.18 Å². The van der Waals surface area contributed by atoms with Crippen LogP contribution >= 0.6 is 0 Å². The van der Waals surface area contributed by atoms with Gasteiger partial charge in [-0.25, -0.2) is 8.93 Å². The first-order valence-corrected chi connectivity index (χ1v) is 15.6. The van der Waals surface area contributed by atoms with Gasteiger partial charge in [0.1, 0.15) is 11.0 Å². The van der Waals surface area contributed by atoms with Crippen LogP contribution in [-0.4, -0.2) is 15.1 Å². The van der Waals surface area contributed by atoms with Crippen LogP contribution in [0.3, 0.4) is 0 Å². The summed E-state index contributed by atoms with van der Waals surface area (Å²) in [5.41, 5.74) is 4.86. The minimum atomic E-state index is -4.45. The number of nitrogens with zero attached hydrogens (tertiary/aromatic N) is 2. The Balaban J connectivity index is 1.27. The molecule has 6 rings (SSSR count). The highest BCUT2D eigenvalue weighted by Crippen LogP contribution is 2.49. The van der Waals surface area contributed by atoms with Gasteiger partial charge in [0, 0.05) is 23.3 Å². The van der Waals surface area contributed by atoms with E-state index in [2.05, 4.69) is 21.8 Å². The molecule has 0 spiro atoms. The molecule has 43 heavy (non-hydrogen) atoms. The van der Waals surface area contributed by atoms with Crippen molar-refractivity contribution in [2.75, 3.05) is 4.90 Å². The molecule has 1 N–H and O–H groups in total. The normalized spacial score (nSPS) is 20.2. The Morgan fingerprint density at radius 3 is 2.49 bits per heavy atom. The lowest BCUT2D eigenvalue weighted by molar-refractivity contribution is -0.137. The molecule has 4 aromatic rings. The van der Waals surface area contributed by atoms with Crippen molar-refractivity contribution in [3.05, 3.63) is 125 Å².